The molecule has 3 atom stereocenters. The average Bonchev–Trinajstić information content (AvgIpc) is 3.15. The van der Waals surface area contributed by atoms with E-state index in [4.69, 9.17) is 4.74 Å². The Morgan fingerprint density at radius 2 is 2.00 bits per heavy atom. The maximum Gasteiger partial charge on any atom is 0.328 e. The zero-order chi connectivity index (χ0) is 21.3. The first-order valence-electron chi connectivity index (χ1n) is 10.5. The van der Waals surface area contributed by atoms with Crippen molar-refractivity contribution < 1.29 is 9.53 Å². The maximum atomic E-state index is 12.8. The summed E-state index contributed by atoms with van der Waals surface area (Å²) in [5.41, 5.74) is 0.734. The number of fused-ring (bicyclic) bond motifs is 1. The number of hydrogen-bond acceptors (Lipinski definition) is 6. The molecule has 0 radical (unpaired) electrons. The Morgan fingerprint density at radius 3 is 2.73 bits per heavy atom. The number of carbonyl (C=O) groups is 1. The minimum absolute atomic E-state index is 0.116. The molecule has 1 saturated carbocycles. The van der Waals surface area contributed by atoms with E-state index in [1.165, 1.54) is 6.20 Å². The SMILES string of the molecule is CC(C)[C@H]1CC[C@H](C)C[C@H]1OC(=O)Cn1nnc2c(cnn2-c2ccccc2)c1=O. The molecule has 0 amide bonds. The number of carbonyl (C=O) groups excluding carboxylic acids is 1. The molecule has 8 nitrogen and oxygen atoms in total. The van der Waals surface area contributed by atoms with Crippen molar-refractivity contribution in [1.29, 1.82) is 0 Å². The third-order valence-corrected chi connectivity index (χ3v) is 5.98. The lowest BCUT2D eigenvalue weighted by molar-refractivity contribution is -0.157. The van der Waals surface area contributed by atoms with Gasteiger partial charge in [-0.15, -0.1) is 5.10 Å². The molecule has 0 saturated heterocycles. The van der Waals surface area contributed by atoms with Gasteiger partial charge in [-0.05, 0) is 42.7 Å². The van der Waals surface area contributed by atoms with Gasteiger partial charge in [-0.1, -0.05) is 50.6 Å². The molecule has 0 N–H and O–H groups in total. The van der Waals surface area contributed by atoms with Crippen molar-refractivity contribution in [3.63, 3.8) is 0 Å². The highest BCUT2D eigenvalue weighted by atomic mass is 16.5. The summed E-state index contributed by atoms with van der Waals surface area (Å²) in [6.45, 7) is 6.26. The molecule has 158 valence electrons. The highest BCUT2D eigenvalue weighted by Crippen LogP contribution is 2.35. The summed E-state index contributed by atoms with van der Waals surface area (Å²) in [7, 11) is 0. The normalized spacial score (nSPS) is 21.8. The van der Waals surface area contributed by atoms with Crippen molar-refractivity contribution in [1.82, 2.24) is 24.8 Å². The van der Waals surface area contributed by atoms with Crippen molar-refractivity contribution in [2.24, 2.45) is 17.8 Å². The Kier molecular flexibility index (Phi) is 5.65. The Balaban J connectivity index is 1.53. The van der Waals surface area contributed by atoms with Crippen LogP contribution >= 0.6 is 0 Å². The molecule has 0 aliphatic heterocycles. The second kappa shape index (κ2) is 8.38. The third-order valence-electron chi connectivity index (χ3n) is 5.98. The van der Waals surface area contributed by atoms with Crippen LogP contribution in [-0.4, -0.2) is 36.8 Å². The summed E-state index contributed by atoms with van der Waals surface area (Å²) in [5, 5.41) is 12.7. The van der Waals surface area contributed by atoms with Crippen molar-refractivity contribution >= 4 is 17.0 Å². The van der Waals surface area contributed by atoms with Gasteiger partial charge in [-0.3, -0.25) is 9.59 Å². The molecule has 0 spiro atoms. The lowest BCUT2D eigenvalue weighted by Gasteiger charge is -2.36. The highest BCUT2D eigenvalue weighted by molar-refractivity contribution is 5.75. The van der Waals surface area contributed by atoms with E-state index in [1.807, 2.05) is 30.3 Å². The molecule has 0 bridgehead atoms. The maximum absolute atomic E-state index is 12.8. The molecule has 3 aromatic rings. The Bertz CT molecular complexity index is 1090. The highest BCUT2D eigenvalue weighted by Gasteiger charge is 2.33. The first-order chi connectivity index (χ1) is 14.4. The van der Waals surface area contributed by atoms with E-state index < -0.39 is 11.5 Å². The summed E-state index contributed by atoms with van der Waals surface area (Å²) < 4.78 is 8.41. The molecule has 2 heterocycles. The smallest absolute Gasteiger partial charge is 0.328 e. The number of nitrogens with zero attached hydrogens (tertiary/aromatic N) is 5. The number of aromatic nitrogens is 5. The number of rotatable bonds is 5. The van der Waals surface area contributed by atoms with Crippen LogP contribution in [0.25, 0.3) is 16.7 Å². The van der Waals surface area contributed by atoms with E-state index in [1.54, 1.807) is 4.68 Å². The summed E-state index contributed by atoms with van der Waals surface area (Å²) in [4.78, 5) is 25.4. The fraction of sp³-hybridized carbons (Fsp3) is 0.500. The molecule has 4 rings (SSSR count). The van der Waals surface area contributed by atoms with E-state index >= 15 is 0 Å². The molecule has 0 unspecified atom stereocenters. The Morgan fingerprint density at radius 1 is 1.23 bits per heavy atom. The molecule has 1 aromatic carbocycles. The van der Waals surface area contributed by atoms with Crippen molar-refractivity contribution in [3.8, 4) is 5.69 Å². The van der Waals surface area contributed by atoms with Gasteiger partial charge in [0.25, 0.3) is 5.56 Å². The summed E-state index contributed by atoms with van der Waals surface area (Å²) >= 11 is 0. The fourth-order valence-corrected chi connectivity index (χ4v) is 4.31. The number of hydrogen-bond donors (Lipinski definition) is 0. The first kappa shape index (κ1) is 20.3. The lowest BCUT2D eigenvalue weighted by atomic mass is 9.75. The molecule has 1 aliphatic carbocycles. The third kappa shape index (κ3) is 3.99. The second-order valence-electron chi connectivity index (χ2n) is 8.54. The standard InChI is InChI=1S/C22H27N5O3/c1-14(2)17-10-9-15(3)11-19(17)30-20(28)13-26-22(29)18-12-23-27(21(18)24-25-26)16-7-5-4-6-8-16/h4-8,12,14-15,17,19H,9-11,13H2,1-3H3/t15-,17+,19+/m0/s1. The largest absolute Gasteiger partial charge is 0.461 e. The summed E-state index contributed by atoms with van der Waals surface area (Å²) in [6.07, 6.45) is 4.41. The lowest BCUT2D eigenvalue weighted by Crippen LogP contribution is -2.37. The Labute approximate surface area is 174 Å². The van der Waals surface area contributed by atoms with Crippen LogP contribution in [0.2, 0.25) is 0 Å². The number of esters is 1. The van der Waals surface area contributed by atoms with Crippen LogP contribution in [0.1, 0.15) is 40.0 Å². The minimum Gasteiger partial charge on any atom is -0.461 e. The first-order valence-corrected chi connectivity index (χ1v) is 10.5. The van der Waals surface area contributed by atoms with Crippen molar-refractivity contribution in [3.05, 3.63) is 46.9 Å². The molecular weight excluding hydrogens is 382 g/mol. The average molecular weight is 409 g/mol. The predicted octanol–water partition coefficient (Wildman–Crippen LogP) is 2.98. The van der Waals surface area contributed by atoms with Gasteiger partial charge in [0.15, 0.2) is 5.65 Å². The van der Waals surface area contributed by atoms with E-state index in [-0.39, 0.29) is 12.6 Å². The van der Waals surface area contributed by atoms with Crippen LogP contribution in [0.15, 0.2) is 41.3 Å². The van der Waals surface area contributed by atoms with Crippen LogP contribution in [0.4, 0.5) is 0 Å². The van der Waals surface area contributed by atoms with Crippen LogP contribution < -0.4 is 5.56 Å². The van der Waals surface area contributed by atoms with Crippen molar-refractivity contribution in [2.45, 2.75) is 52.7 Å². The van der Waals surface area contributed by atoms with Gasteiger partial charge >= 0.3 is 5.97 Å². The minimum atomic E-state index is -0.453. The van der Waals surface area contributed by atoms with E-state index in [9.17, 15) is 9.59 Å². The molecule has 2 aromatic heterocycles. The summed E-state index contributed by atoms with van der Waals surface area (Å²) in [6, 6.07) is 9.39. The fourth-order valence-electron chi connectivity index (χ4n) is 4.31. The van der Waals surface area contributed by atoms with E-state index in [0.29, 0.717) is 28.8 Å². The number of ether oxygens (including phenoxy) is 1. The van der Waals surface area contributed by atoms with E-state index in [0.717, 1.165) is 29.6 Å². The van der Waals surface area contributed by atoms with E-state index in [2.05, 4.69) is 36.2 Å². The molecule has 1 aliphatic rings. The van der Waals surface area contributed by atoms with Gasteiger partial charge in [0.05, 0.1) is 11.9 Å². The van der Waals surface area contributed by atoms with Gasteiger partial charge in [-0.25, -0.2) is 4.68 Å². The molecular formula is C22H27N5O3. The number of para-hydroxylation sites is 1. The molecule has 8 heteroatoms. The van der Waals surface area contributed by atoms with Crippen molar-refractivity contribution in [2.75, 3.05) is 0 Å². The summed E-state index contributed by atoms with van der Waals surface area (Å²) in [5.74, 6) is 0.865. The monoisotopic (exact) mass is 409 g/mol. The van der Waals surface area contributed by atoms with Crippen LogP contribution in [0.5, 0.6) is 0 Å². The predicted molar refractivity (Wildman–Crippen MR) is 112 cm³/mol. The zero-order valence-electron chi connectivity index (χ0n) is 17.6. The van der Waals surface area contributed by atoms with Crippen LogP contribution in [0, 0.1) is 17.8 Å². The van der Waals surface area contributed by atoms with Gasteiger partial charge in [-0.2, -0.15) is 9.78 Å². The van der Waals surface area contributed by atoms with Crippen LogP contribution in [-0.2, 0) is 16.1 Å². The molecule has 1 fully saturated rings. The van der Waals surface area contributed by atoms with Gasteiger partial charge in [0.1, 0.15) is 18.0 Å². The molecule has 30 heavy (non-hydrogen) atoms. The van der Waals surface area contributed by atoms with Gasteiger partial charge < -0.3 is 4.74 Å². The zero-order valence-corrected chi connectivity index (χ0v) is 17.6. The second-order valence-corrected chi connectivity index (χ2v) is 8.54. The van der Waals surface area contributed by atoms with Gasteiger partial charge in [0, 0.05) is 0 Å². The number of benzene rings is 1. The quantitative estimate of drug-likeness (QED) is 0.602. The Hall–Kier alpha value is -3.03. The van der Waals surface area contributed by atoms with Gasteiger partial charge in [0.2, 0.25) is 0 Å². The van der Waals surface area contributed by atoms with Crippen LogP contribution in [0.3, 0.4) is 0 Å². The topological polar surface area (TPSA) is 91.9 Å².